The van der Waals surface area contributed by atoms with Crippen LogP contribution in [0.1, 0.15) is 39.3 Å². The van der Waals surface area contributed by atoms with Crippen molar-refractivity contribution in [1.29, 1.82) is 0 Å². The van der Waals surface area contributed by atoms with Gasteiger partial charge in [0, 0.05) is 31.5 Å². The molecule has 0 N–H and O–H groups in total. The average molecular weight is 278 g/mol. The van der Waals surface area contributed by atoms with Crippen LogP contribution in [0.25, 0.3) is 0 Å². The van der Waals surface area contributed by atoms with E-state index in [2.05, 4.69) is 30.7 Å². The molecule has 2 heterocycles. The van der Waals surface area contributed by atoms with Crippen LogP contribution < -0.4 is 0 Å². The first-order chi connectivity index (χ1) is 9.60. The number of hydrogen-bond acceptors (Lipinski definition) is 2. The van der Waals surface area contributed by atoms with Gasteiger partial charge in [-0.2, -0.15) is 0 Å². The SMILES string of the molecule is CCO[C@@H]1CN(C(=O)CCC(C)C)Cc2cccn2C1. The minimum Gasteiger partial charge on any atom is -0.375 e. The maximum atomic E-state index is 12.4. The molecule has 1 aromatic rings. The molecule has 0 saturated heterocycles. The zero-order valence-corrected chi connectivity index (χ0v) is 12.8. The lowest BCUT2D eigenvalue weighted by molar-refractivity contribution is -0.134. The zero-order valence-electron chi connectivity index (χ0n) is 12.8. The molecule has 0 aromatic carbocycles. The molecular weight excluding hydrogens is 252 g/mol. The summed E-state index contributed by atoms with van der Waals surface area (Å²) in [6.45, 7) is 9.25. The van der Waals surface area contributed by atoms with E-state index in [0.717, 1.165) is 13.0 Å². The summed E-state index contributed by atoms with van der Waals surface area (Å²) in [5.74, 6) is 0.815. The van der Waals surface area contributed by atoms with Gasteiger partial charge < -0.3 is 14.2 Å². The fraction of sp³-hybridized carbons (Fsp3) is 0.688. The summed E-state index contributed by atoms with van der Waals surface area (Å²) < 4.78 is 7.98. The second-order valence-electron chi connectivity index (χ2n) is 5.94. The summed E-state index contributed by atoms with van der Waals surface area (Å²) in [6.07, 6.45) is 3.76. The molecule has 1 aliphatic heterocycles. The molecule has 0 aliphatic carbocycles. The molecule has 0 fully saturated rings. The topological polar surface area (TPSA) is 34.5 Å². The molecule has 112 valence electrons. The molecule has 1 atom stereocenters. The molecule has 2 rings (SSSR count). The molecule has 0 radical (unpaired) electrons. The highest BCUT2D eigenvalue weighted by molar-refractivity contribution is 5.76. The maximum absolute atomic E-state index is 12.4. The molecule has 20 heavy (non-hydrogen) atoms. The molecule has 1 aliphatic rings. The number of carbonyl (C=O) groups excluding carboxylic acids is 1. The van der Waals surface area contributed by atoms with Gasteiger partial charge in [-0.3, -0.25) is 4.79 Å². The minimum absolute atomic E-state index is 0.0941. The Morgan fingerprint density at radius 1 is 1.45 bits per heavy atom. The molecule has 1 amide bonds. The van der Waals surface area contributed by atoms with Crippen molar-refractivity contribution in [3.63, 3.8) is 0 Å². The standard InChI is InChI=1S/C16H26N2O2/c1-4-20-15-11-17-9-5-6-14(17)10-18(12-15)16(19)8-7-13(2)3/h5-6,9,13,15H,4,7-8,10-12H2,1-3H3/t15-/m0/s1. The van der Waals surface area contributed by atoms with Crippen LogP contribution in [0, 0.1) is 5.92 Å². The monoisotopic (exact) mass is 278 g/mol. The molecule has 0 spiro atoms. The summed E-state index contributed by atoms with van der Waals surface area (Å²) >= 11 is 0. The fourth-order valence-electron chi connectivity index (χ4n) is 2.66. The van der Waals surface area contributed by atoms with Crippen molar-refractivity contribution < 1.29 is 9.53 Å². The molecule has 0 bridgehead atoms. The van der Waals surface area contributed by atoms with Gasteiger partial charge in [0.15, 0.2) is 0 Å². The van der Waals surface area contributed by atoms with Gasteiger partial charge in [0.25, 0.3) is 0 Å². The van der Waals surface area contributed by atoms with Crippen LogP contribution in [0.5, 0.6) is 0 Å². The van der Waals surface area contributed by atoms with Crippen molar-refractivity contribution in [2.75, 3.05) is 13.2 Å². The summed E-state index contributed by atoms with van der Waals surface area (Å²) in [5, 5.41) is 0. The second kappa shape index (κ2) is 6.93. The van der Waals surface area contributed by atoms with Crippen LogP contribution in [0.4, 0.5) is 0 Å². The molecule has 0 saturated carbocycles. The van der Waals surface area contributed by atoms with Gasteiger partial charge in [0.2, 0.25) is 5.91 Å². The van der Waals surface area contributed by atoms with Crippen LogP contribution in [0.15, 0.2) is 18.3 Å². The van der Waals surface area contributed by atoms with Crippen molar-refractivity contribution in [3.8, 4) is 0 Å². The second-order valence-corrected chi connectivity index (χ2v) is 5.94. The van der Waals surface area contributed by atoms with Crippen molar-refractivity contribution in [1.82, 2.24) is 9.47 Å². The van der Waals surface area contributed by atoms with E-state index < -0.39 is 0 Å². The number of rotatable bonds is 5. The smallest absolute Gasteiger partial charge is 0.223 e. The van der Waals surface area contributed by atoms with Crippen molar-refractivity contribution >= 4 is 5.91 Å². The Balaban J connectivity index is 2.06. The van der Waals surface area contributed by atoms with E-state index in [1.54, 1.807) is 0 Å². The Morgan fingerprint density at radius 2 is 2.25 bits per heavy atom. The fourth-order valence-corrected chi connectivity index (χ4v) is 2.66. The molecule has 4 nitrogen and oxygen atoms in total. The highest BCUT2D eigenvalue weighted by Gasteiger charge is 2.24. The first-order valence-corrected chi connectivity index (χ1v) is 7.63. The van der Waals surface area contributed by atoms with Gasteiger partial charge in [-0.25, -0.2) is 0 Å². The number of fused-ring (bicyclic) bond motifs is 1. The van der Waals surface area contributed by atoms with Gasteiger partial charge in [-0.1, -0.05) is 13.8 Å². The van der Waals surface area contributed by atoms with E-state index in [9.17, 15) is 4.79 Å². The summed E-state index contributed by atoms with van der Waals surface area (Å²) in [4.78, 5) is 14.4. The van der Waals surface area contributed by atoms with Crippen molar-refractivity contribution in [3.05, 3.63) is 24.0 Å². The molecule has 0 unspecified atom stereocenters. The first kappa shape index (κ1) is 15.1. The number of aromatic nitrogens is 1. The number of hydrogen-bond donors (Lipinski definition) is 0. The largest absolute Gasteiger partial charge is 0.375 e. The van der Waals surface area contributed by atoms with Crippen LogP contribution in [0.3, 0.4) is 0 Å². The third-order valence-electron chi connectivity index (χ3n) is 3.79. The Labute approximate surface area is 121 Å². The lowest BCUT2D eigenvalue weighted by atomic mass is 10.1. The molecular formula is C16H26N2O2. The van der Waals surface area contributed by atoms with Crippen molar-refractivity contribution in [2.45, 2.75) is 52.8 Å². The van der Waals surface area contributed by atoms with E-state index in [-0.39, 0.29) is 12.0 Å². The van der Waals surface area contributed by atoms with Gasteiger partial charge in [0.1, 0.15) is 0 Å². The Morgan fingerprint density at radius 3 is 2.95 bits per heavy atom. The molecule has 4 heteroatoms. The van der Waals surface area contributed by atoms with Gasteiger partial charge >= 0.3 is 0 Å². The van der Waals surface area contributed by atoms with Crippen LogP contribution in [-0.2, 0) is 22.6 Å². The van der Waals surface area contributed by atoms with E-state index in [0.29, 0.717) is 32.0 Å². The number of amides is 1. The zero-order chi connectivity index (χ0) is 14.5. The Kier molecular flexibility index (Phi) is 5.24. The maximum Gasteiger partial charge on any atom is 0.223 e. The van der Waals surface area contributed by atoms with Crippen molar-refractivity contribution in [2.24, 2.45) is 5.92 Å². The van der Waals surface area contributed by atoms with Crippen LogP contribution in [-0.4, -0.2) is 34.6 Å². The lowest BCUT2D eigenvalue weighted by Gasteiger charge is -2.24. The minimum atomic E-state index is 0.0941. The van der Waals surface area contributed by atoms with Crippen LogP contribution in [0.2, 0.25) is 0 Å². The predicted molar refractivity (Wildman–Crippen MR) is 79.3 cm³/mol. The van der Waals surface area contributed by atoms with Gasteiger partial charge in [-0.15, -0.1) is 0 Å². The highest BCUT2D eigenvalue weighted by atomic mass is 16.5. The third kappa shape index (κ3) is 3.85. The number of nitrogens with zero attached hydrogens (tertiary/aromatic N) is 2. The molecule has 1 aromatic heterocycles. The number of ether oxygens (including phenoxy) is 1. The summed E-state index contributed by atoms with van der Waals surface area (Å²) in [6, 6.07) is 4.14. The van der Waals surface area contributed by atoms with E-state index in [1.807, 2.05) is 17.9 Å². The highest BCUT2D eigenvalue weighted by Crippen LogP contribution is 2.17. The van der Waals surface area contributed by atoms with E-state index >= 15 is 0 Å². The van der Waals surface area contributed by atoms with Gasteiger partial charge in [-0.05, 0) is 31.4 Å². The predicted octanol–water partition coefficient (Wildman–Crippen LogP) is 2.67. The number of carbonyl (C=O) groups is 1. The summed E-state index contributed by atoms with van der Waals surface area (Å²) in [7, 11) is 0. The Bertz CT molecular complexity index is 439. The normalized spacial score (nSPS) is 19.0. The van der Waals surface area contributed by atoms with E-state index in [1.165, 1.54) is 5.69 Å². The quantitative estimate of drug-likeness (QED) is 0.830. The Hall–Kier alpha value is -1.29. The van der Waals surface area contributed by atoms with Crippen LogP contribution >= 0.6 is 0 Å². The van der Waals surface area contributed by atoms with E-state index in [4.69, 9.17) is 4.74 Å². The average Bonchev–Trinajstić information content (AvgIpc) is 2.75. The third-order valence-corrected chi connectivity index (χ3v) is 3.79. The van der Waals surface area contributed by atoms with Gasteiger partial charge in [0.05, 0.1) is 19.2 Å². The first-order valence-electron chi connectivity index (χ1n) is 7.63. The lowest BCUT2D eigenvalue weighted by Crippen LogP contribution is -2.37. The summed E-state index contributed by atoms with van der Waals surface area (Å²) in [5.41, 5.74) is 1.20.